The van der Waals surface area contributed by atoms with Crippen LogP contribution in [0.15, 0.2) is 52.6 Å². The number of carbonyl (C=O) groups is 1. The second-order valence-corrected chi connectivity index (χ2v) is 4.60. The molecule has 0 saturated heterocycles. The molecule has 0 saturated carbocycles. The predicted molar refractivity (Wildman–Crippen MR) is 75.0 cm³/mol. The molecule has 3 rings (SSSR count). The summed E-state index contributed by atoms with van der Waals surface area (Å²) in [5.41, 5.74) is 2.25. The molecule has 2 heterocycles. The highest BCUT2D eigenvalue weighted by Gasteiger charge is 2.48. The summed E-state index contributed by atoms with van der Waals surface area (Å²) in [6, 6.07) is 9.10. The molecule has 1 aromatic carbocycles. The molecule has 20 heavy (non-hydrogen) atoms. The normalized spacial score (nSPS) is 24.0. The largest absolute Gasteiger partial charge is 0.466 e. The zero-order valence-corrected chi connectivity index (χ0v) is 11.3. The maximum atomic E-state index is 12.2. The van der Waals surface area contributed by atoms with Gasteiger partial charge in [-0.15, -0.1) is 5.10 Å². The van der Waals surface area contributed by atoms with Crippen molar-refractivity contribution in [3.05, 3.63) is 48.0 Å². The monoisotopic (exact) mass is 290 g/mol. The van der Waals surface area contributed by atoms with E-state index >= 15 is 0 Å². The number of nitrogens with zero attached hydrogens (tertiary/aromatic N) is 3. The van der Waals surface area contributed by atoms with E-state index in [2.05, 4.69) is 15.5 Å². The van der Waals surface area contributed by atoms with Crippen LogP contribution in [0.4, 0.5) is 0 Å². The molecule has 1 N–H and O–H groups in total. The zero-order valence-electron chi connectivity index (χ0n) is 10.6. The standard InChI is InChI=1S/C13H11ClN4O2/c1-20-12(19)13(9-5-3-2-4-6-9)15-11-8-7-10(14)16-18(11)17-13/h2-8,17H,1H3. The van der Waals surface area contributed by atoms with Gasteiger partial charge in [0.05, 0.1) is 7.11 Å². The van der Waals surface area contributed by atoms with E-state index in [1.54, 1.807) is 24.3 Å². The average molecular weight is 291 g/mol. The number of hydrogen-bond donors (Lipinski definition) is 1. The number of carbonyl (C=O) groups excluding carboxylic acids is 1. The van der Waals surface area contributed by atoms with E-state index in [0.29, 0.717) is 16.6 Å². The molecule has 0 amide bonds. The number of amidine groups is 1. The van der Waals surface area contributed by atoms with Crippen LogP contribution in [0.2, 0.25) is 0 Å². The number of hydrogen-bond acceptors (Lipinski definition) is 6. The summed E-state index contributed by atoms with van der Waals surface area (Å²) >= 11 is 5.85. The predicted octanol–water partition coefficient (Wildman–Crippen LogP) is 1.35. The number of allylic oxidation sites excluding steroid dienone is 1. The van der Waals surface area contributed by atoms with Crippen molar-refractivity contribution in [2.45, 2.75) is 5.66 Å². The van der Waals surface area contributed by atoms with E-state index in [-0.39, 0.29) is 0 Å². The van der Waals surface area contributed by atoms with Gasteiger partial charge in [-0.2, -0.15) is 10.5 Å². The third-order valence-corrected chi connectivity index (χ3v) is 3.21. The van der Waals surface area contributed by atoms with Gasteiger partial charge in [-0.3, -0.25) is 0 Å². The smallest absolute Gasteiger partial charge is 0.355 e. The van der Waals surface area contributed by atoms with Crippen LogP contribution >= 0.6 is 11.6 Å². The fourth-order valence-corrected chi connectivity index (χ4v) is 2.21. The molecule has 0 aliphatic carbocycles. The Hall–Kier alpha value is -2.18. The molecule has 0 fully saturated rings. The van der Waals surface area contributed by atoms with Gasteiger partial charge in [0.2, 0.25) is 0 Å². The fraction of sp³-hybridized carbons (Fsp3) is 0.154. The Kier molecular flexibility index (Phi) is 3.04. The third-order valence-electron chi connectivity index (χ3n) is 3.00. The molecule has 0 bridgehead atoms. The topological polar surface area (TPSA) is 66.3 Å². The maximum Gasteiger partial charge on any atom is 0.355 e. The van der Waals surface area contributed by atoms with Crippen LogP contribution in [-0.2, 0) is 15.2 Å². The van der Waals surface area contributed by atoms with Crippen molar-refractivity contribution in [2.24, 2.45) is 10.1 Å². The van der Waals surface area contributed by atoms with E-state index < -0.39 is 11.6 Å². The average Bonchev–Trinajstić information content (AvgIpc) is 2.87. The van der Waals surface area contributed by atoms with E-state index in [4.69, 9.17) is 16.3 Å². The van der Waals surface area contributed by atoms with Crippen molar-refractivity contribution < 1.29 is 9.53 Å². The SMILES string of the molecule is COC(=O)C1(c2ccccc2)N=C2C=CC(Cl)=NN2N1. The minimum absolute atomic E-state index is 0.296. The lowest BCUT2D eigenvalue weighted by molar-refractivity contribution is -0.149. The van der Waals surface area contributed by atoms with Gasteiger partial charge in [0.15, 0.2) is 11.0 Å². The van der Waals surface area contributed by atoms with Crippen LogP contribution in [0.25, 0.3) is 0 Å². The molecule has 7 heteroatoms. The number of benzene rings is 1. The summed E-state index contributed by atoms with van der Waals surface area (Å²) in [6.45, 7) is 0. The number of halogens is 1. The van der Waals surface area contributed by atoms with Crippen molar-refractivity contribution >= 4 is 28.6 Å². The summed E-state index contributed by atoms with van der Waals surface area (Å²) in [6.07, 6.45) is 3.28. The minimum atomic E-state index is -1.35. The van der Waals surface area contributed by atoms with E-state index in [1.165, 1.54) is 12.2 Å². The molecule has 1 aromatic rings. The molecule has 1 unspecified atom stereocenters. The fourth-order valence-electron chi connectivity index (χ4n) is 2.08. The summed E-state index contributed by atoms with van der Waals surface area (Å²) in [5.74, 6) is -0.0334. The molecule has 2 aliphatic rings. The van der Waals surface area contributed by atoms with Gasteiger partial charge in [0.1, 0.15) is 0 Å². The molecular weight excluding hydrogens is 280 g/mol. The Bertz CT molecular complexity index is 641. The number of esters is 1. The number of fused-ring (bicyclic) bond motifs is 1. The second kappa shape index (κ2) is 4.73. The molecule has 0 spiro atoms. The van der Waals surface area contributed by atoms with Crippen LogP contribution in [0.3, 0.4) is 0 Å². The van der Waals surface area contributed by atoms with Crippen LogP contribution in [-0.4, -0.2) is 29.2 Å². The number of methoxy groups -OCH3 is 1. The lowest BCUT2D eigenvalue weighted by Gasteiger charge is -2.25. The number of hydrazone groups is 1. The molecule has 6 nitrogen and oxygen atoms in total. The van der Waals surface area contributed by atoms with Gasteiger partial charge < -0.3 is 4.74 Å². The van der Waals surface area contributed by atoms with Crippen LogP contribution < -0.4 is 5.43 Å². The van der Waals surface area contributed by atoms with Crippen LogP contribution in [0.1, 0.15) is 5.56 Å². The highest BCUT2D eigenvalue weighted by molar-refractivity contribution is 6.68. The Morgan fingerprint density at radius 3 is 2.80 bits per heavy atom. The maximum absolute atomic E-state index is 12.2. The summed E-state index contributed by atoms with van der Waals surface area (Å²) < 4.78 is 4.88. The quantitative estimate of drug-likeness (QED) is 0.835. The number of rotatable bonds is 2. The molecule has 102 valence electrons. The number of aliphatic imine (C=N–C) groups is 1. The van der Waals surface area contributed by atoms with Crippen molar-refractivity contribution in [2.75, 3.05) is 7.11 Å². The zero-order chi connectivity index (χ0) is 14.2. The van der Waals surface area contributed by atoms with Gasteiger partial charge in [-0.05, 0) is 12.2 Å². The van der Waals surface area contributed by atoms with Gasteiger partial charge in [-0.25, -0.2) is 9.79 Å². The first kappa shape index (κ1) is 12.8. The van der Waals surface area contributed by atoms with E-state index in [9.17, 15) is 4.79 Å². The first-order chi connectivity index (χ1) is 9.65. The van der Waals surface area contributed by atoms with Gasteiger partial charge in [0, 0.05) is 5.56 Å². The first-order valence-corrected chi connectivity index (χ1v) is 6.27. The van der Waals surface area contributed by atoms with Crippen LogP contribution in [0.5, 0.6) is 0 Å². The molecule has 2 aliphatic heterocycles. The lowest BCUT2D eigenvalue weighted by Crippen LogP contribution is -2.50. The van der Waals surface area contributed by atoms with Crippen LogP contribution in [0, 0.1) is 0 Å². The lowest BCUT2D eigenvalue weighted by atomic mass is 10.0. The van der Waals surface area contributed by atoms with Crippen molar-refractivity contribution in [3.63, 3.8) is 0 Å². The summed E-state index contributed by atoms with van der Waals surface area (Å²) in [5, 5.41) is 5.72. The minimum Gasteiger partial charge on any atom is -0.466 e. The highest BCUT2D eigenvalue weighted by Crippen LogP contribution is 2.31. The highest BCUT2D eigenvalue weighted by atomic mass is 35.5. The van der Waals surface area contributed by atoms with Gasteiger partial charge in [-0.1, -0.05) is 41.9 Å². The van der Waals surface area contributed by atoms with Crippen molar-refractivity contribution in [1.82, 2.24) is 10.5 Å². The molecule has 1 atom stereocenters. The number of ether oxygens (including phenoxy) is 1. The molecule has 0 radical (unpaired) electrons. The Balaban J connectivity index is 2.10. The van der Waals surface area contributed by atoms with Gasteiger partial charge >= 0.3 is 5.97 Å². The Morgan fingerprint density at radius 2 is 2.10 bits per heavy atom. The number of hydrazine groups is 1. The second-order valence-electron chi connectivity index (χ2n) is 4.22. The van der Waals surface area contributed by atoms with Crippen molar-refractivity contribution in [3.8, 4) is 0 Å². The summed E-state index contributed by atoms with van der Waals surface area (Å²) in [4.78, 5) is 16.7. The van der Waals surface area contributed by atoms with Crippen molar-refractivity contribution in [1.29, 1.82) is 0 Å². The third kappa shape index (κ3) is 1.90. The Morgan fingerprint density at radius 1 is 1.35 bits per heavy atom. The summed E-state index contributed by atoms with van der Waals surface area (Å²) in [7, 11) is 1.32. The first-order valence-electron chi connectivity index (χ1n) is 5.89. The van der Waals surface area contributed by atoms with Gasteiger partial charge in [0.25, 0.3) is 5.66 Å². The number of nitrogens with one attached hydrogen (secondary N) is 1. The molecular formula is C13H11ClN4O2. The van der Waals surface area contributed by atoms with E-state index in [1.807, 2.05) is 18.2 Å². The van der Waals surface area contributed by atoms with E-state index in [0.717, 1.165) is 0 Å². The molecule has 0 aromatic heterocycles. The Labute approximate surface area is 120 Å².